The summed E-state index contributed by atoms with van der Waals surface area (Å²) in [6, 6.07) is 0. The molecule has 0 N–H and O–H groups in total. The molecule has 0 aromatic rings. The molecule has 2 nitrogen and oxygen atoms in total. The fraction of sp³-hybridized carbons (Fsp3) is 0.143. The van der Waals surface area contributed by atoms with Gasteiger partial charge in [-0.1, -0.05) is 23.5 Å². The first-order chi connectivity index (χ1) is 5.40. The fourth-order valence-electron chi connectivity index (χ4n) is 0.870. The molecule has 2 heterocycles. The molecule has 0 bridgehead atoms. The predicted molar refractivity (Wildman–Crippen MR) is 49.7 cm³/mol. The average molecular weight is 183 g/mol. The maximum atomic E-state index is 10.4. The number of carbonyl (C=O) groups excluding carboxylic acids is 1. The van der Waals surface area contributed by atoms with Crippen molar-refractivity contribution in [1.29, 1.82) is 0 Å². The van der Waals surface area contributed by atoms with Gasteiger partial charge in [0.25, 0.3) is 0 Å². The molecule has 2 aliphatic rings. The summed E-state index contributed by atoms with van der Waals surface area (Å²) in [5, 5.41) is 2.89. The van der Waals surface area contributed by atoms with E-state index in [9.17, 15) is 4.79 Å². The van der Waals surface area contributed by atoms with Crippen molar-refractivity contribution in [2.45, 2.75) is 0 Å². The molecule has 2 rings (SSSR count). The molecule has 0 spiro atoms. The van der Waals surface area contributed by atoms with E-state index in [1.54, 1.807) is 11.8 Å². The summed E-state index contributed by atoms with van der Waals surface area (Å²) in [4.78, 5) is 15.8. The molecule has 0 amide bonds. The molecular weight excluding hydrogens is 178 g/mol. The first-order valence-electron chi connectivity index (χ1n) is 3.11. The maximum absolute atomic E-state index is 10.4. The Kier molecular flexibility index (Phi) is 1.87. The normalized spacial score (nSPS) is 21.6. The van der Waals surface area contributed by atoms with E-state index in [0.29, 0.717) is 0 Å². The third kappa shape index (κ3) is 1.28. The van der Waals surface area contributed by atoms with Crippen LogP contribution in [0.2, 0.25) is 0 Å². The van der Waals surface area contributed by atoms with Crippen LogP contribution in [0.25, 0.3) is 0 Å². The quantitative estimate of drug-likeness (QED) is 0.580. The Morgan fingerprint density at radius 2 is 2.55 bits per heavy atom. The van der Waals surface area contributed by atoms with Crippen LogP contribution in [0.15, 0.2) is 27.0 Å². The van der Waals surface area contributed by atoms with E-state index in [4.69, 9.17) is 0 Å². The Bertz CT molecular complexity index is 291. The van der Waals surface area contributed by atoms with Gasteiger partial charge in [0, 0.05) is 10.5 Å². The molecule has 0 aromatic heterocycles. The van der Waals surface area contributed by atoms with E-state index in [1.807, 2.05) is 11.5 Å². The van der Waals surface area contributed by atoms with Gasteiger partial charge < -0.3 is 0 Å². The second kappa shape index (κ2) is 2.87. The van der Waals surface area contributed by atoms with Crippen LogP contribution in [0.5, 0.6) is 0 Å². The molecule has 0 aliphatic carbocycles. The van der Waals surface area contributed by atoms with Gasteiger partial charge in [-0.2, -0.15) is 0 Å². The number of fused-ring (bicyclic) bond motifs is 1. The predicted octanol–water partition coefficient (Wildman–Crippen LogP) is 1.80. The second-order valence-electron chi connectivity index (χ2n) is 2.10. The molecule has 0 aromatic carbocycles. The topological polar surface area (TPSA) is 29.4 Å². The lowest BCUT2D eigenvalue weighted by atomic mass is 10.3. The lowest BCUT2D eigenvalue weighted by molar-refractivity contribution is -0.104. The monoisotopic (exact) mass is 183 g/mol. The first kappa shape index (κ1) is 7.18. The second-order valence-corrected chi connectivity index (χ2v) is 3.94. The zero-order valence-electron chi connectivity index (χ0n) is 5.61. The van der Waals surface area contributed by atoms with Crippen molar-refractivity contribution in [3.8, 4) is 0 Å². The number of hydrogen-bond acceptors (Lipinski definition) is 4. The summed E-state index contributed by atoms with van der Waals surface area (Å²) in [5.41, 5.74) is 0.748. The number of carbonyl (C=O) groups is 1. The highest BCUT2D eigenvalue weighted by Crippen LogP contribution is 2.35. The summed E-state index contributed by atoms with van der Waals surface area (Å²) in [6.45, 7) is 0. The van der Waals surface area contributed by atoms with Crippen LogP contribution in [0.3, 0.4) is 0 Å². The molecule has 11 heavy (non-hydrogen) atoms. The van der Waals surface area contributed by atoms with Crippen molar-refractivity contribution in [3.05, 3.63) is 22.0 Å². The number of thioether (sulfide) groups is 2. The number of rotatable bonds is 1. The molecular formula is C7H5NOS2. The van der Waals surface area contributed by atoms with Gasteiger partial charge in [-0.15, -0.1) is 0 Å². The van der Waals surface area contributed by atoms with Crippen molar-refractivity contribution >= 4 is 34.9 Å². The smallest absolute Gasteiger partial charge is 0.150 e. The lowest BCUT2D eigenvalue weighted by Crippen LogP contribution is -1.94. The zero-order chi connectivity index (χ0) is 7.68. The minimum absolute atomic E-state index is 0.748. The molecule has 0 atom stereocenters. The van der Waals surface area contributed by atoms with Gasteiger partial charge in [-0.05, 0) is 11.5 Å². The summed E-state index contributed by atoms with van der Waals surface area (Å²) in [6.07, 6.45) is 2.76. The number of hydrogen-bond donors (Lipinski definition) is 0. The number of nitrogens with zero attached hydrogens (tertiary/aromatic N) is 1. The third-order valence-corrected chi connectivity index (χ3v) is 3.35. The summed E-state index contributed by atoms with van der Waals surface area (Å²) in [5.74, 6) is 0.800. The van der Waals surface area contributed by atoms with Crippen molar-refractivity contribution in [1.82, 2.24) is 0 Å². The molecule has 4 heteroatoms. The molecule has 2 aliphatic heterocycles. The molecule has 0 unspecified atom stereocenters. The largest absolute Gasteiger partial charge is 0.298 e. The Labute approximate surface area is 72.8 Å². The van der Waals surface area contributed by atoms with E-state index < -0.39 is 0 Å². The maximum Gasteiger partial charge on any atom is 0.150 e. The number of aliphatic imine (C=N–C) groups is 1. The molecule has 0 saturated carbocycles. The van der Waals surface area contributed by atoms with Gasteiger partial charge in [0.2, 0.25) is 0 Å². The molecule has 0 radical (unpaired) electrons. The van der Waals surface area contributed by atoms with Gasteiger partial charge in [0.15, 0.2) is 6.29 Å². The van der Waals surface area contributed by atoms with Crippen LogP contribution in [0.1, 0.15) is 0 Å². The first-order valence-corrected chi connectivity index (χ1v) is 4.98. The highest BCUT2D eigenvalue weighted by Gasteiger charge is 2.17. The van der Waals surface area contributed by atoms with Crippen LogP contribution < -0.4 is 0 Å². The molecule has 0 fully saturated rings. The van der Waals surface area contributed by atoms with Crippen LogP contribution in [0.4, 0.5) is 0 Å². The Hall–Kier alpha value is -0.480. The van der Waals surface area contributed by atoms with Crippen molar-refractivity contribution in [3.63, 3.8) is 0 Å². The highest BCUT2D eigenvalue weighted by molar-refractivity contribution is 8.20. The van der Waals surface area contributed by atoms with Gasteiger partial charge in [-0.25, -0.2) is 0 Å². The van der Waals surface area contributed by atoms with Gasteiger partial charge >= 0.3 is 0 Å². The standard InChI is InChI=1S/C7H5NOS2/c9-2-5-1-6-7(10-3-5)8-4-11-6/h1-3H,4H2. The SMILES string of the molecule is O=CC1=CSC2=NCSC2=C1. The summed E-state index contributed by atoms with van der Waals surface area (Å²) < 4.78 is 0. The van der Waals surface area contributed by atoms with Gasteiger partial charge in [0.1, 0.15) is 5.04 Å². The van der Waals surface area contributed by atoms with E-state index in [-0.39, 0.29) is 0 Å². The Morgan fingerprint density at radius 1 is 1.64 bits per heavy atom. The van der Waals surface area contributed by atoms with E-state index >= 15 is 0 Å². The minimum atomic E-state index is 0.748. The van der Waals surface area contributed by atoms with Crippen LogP contribution in [0, 0.1) is 0 Å². The van der Waals surface area contributed by atoms with E-state index in [0.717, 1.165) is 27.7 Å². The highest BCUT2D eigenvalue weighted by atomic mass is 32.2. The van der Waals surface area contributed by atoms with Crippen molar-refractivity contribution < 1.29 is 4.79 Å². The van der Waals surface area contributed by atoms with E-state index in [2.05, 4.69) is 4.99 Å². The zero-order valence-corrected chi connectivity index (χ0v) is 7.24. The van der Waals surface area contributed by atoms with Crippen LogP contribution in [-0.4, -0.2) is 17.2 Å². The third-order valence-electron chi connectivity index (χ3n) is 1.38. The summed E-state index contributed by atoms with van der Waals surface area (Å²) in [7, 11) is 0. The van der Waals surface area contributed by atoms with E-state index in [1.165, 1.54) is 11.8 Å². The number of allylic oxidation sites excluding steroid dienone is 2. The van der Waals surface area contributed by atoms with Crippen LogP contribution in [-0.2, 0) is 4.79 Å². The summed E-state index contributed by atoms with van der Waals surface area (Å²) >= 11 is 3.22. The van der Waals surface area contributed by atoms with Crippen molar-refractivity contribution in [2.75, 3.05) is 5.88 Å². The minimum Gasteiger partial charge on any atom is -0.298 e. The Balaban J connectivity index is 2.33. The fourth-order valence-corrected chi connectivity index (χ4v) is 2.70. The van der Waals surface area contributed by atoms with Gasteiger partial charge in [0.05, 0.1) is 5.88 Å². The molecule has 56 valence electrons. The molecule has 0 saturated heterocycles. The Morgan fingerprint density at radius 3 is 3.36 bits per heavy atom. The lowest BCUT2D eigenvalue weighted by Gasteiger charge is -2.04. The van der Waals surface area contributed by atoms with Crippen LogP contribution >= 0.6 is 23.5 Å². The number of aldehydes is 1. The van der Waals surface area contributed by atoms with Gasteiger partial charge in [-0.3, -0.25) is 9.79 Å². The average Bonchev–Trinajstić information content (AvgIpc) is 2.50. The van der Waals surface area contributed by atoms with Crippen molar-refractivity contribution in [2.24, 2.45) is 4.99 Å².